The van der Waals surface area contributed by atoms with Crippen LogP contribution in [0, 0.1) is 12.7 Å². The largest absolute Gasteiger partial charge is 0.494 e. The molecule has 0 heterocycles. The van der Waals surface area contributed by atoms with Crippen LogP contribution in [0.3, 0.4) is 0 Å². The number of aryl methyl sites for hydroxylation is 1. The molecule has 22 heavy (non-hydrogen) atoms. The van der Waals surface area contributed by atoms with Crippen LogP contribution >= 0.6 is 0 Å². The Morgan fingerprint density at radius 3 is 2.64 bits per heavy atom. The van der Waals surface area contributed by atoms with Crippen molar-refractivity contribution >= 4 is 5.91 Å². The number of nitrogens with one attached hydrogen (secondary N) is 1. The molecule has 2 rings (SSSR count). The SMILES string of the molecule is COc1ccc(CNC(=O)COc2ccccc2C)cc1F. The van der Waals surface area contributed by atoms with Gasteiger partial charge in [-0.1, -0.05) is 24.3 Å². The third-order valence-corrected chi connectivity index (χ3v) is 3.16. The number of rotatable bonds is 6. The minimum Gasteiger partial charge on any atom is -0.494 e. The number of carbonyl (C=O) groups is 1. The third kappa shape index (κ3) is 4.22. The highest BCUT2D eigenvalue weighted by Crippen LogP contribution is 2.18. The topological polar surface area (TPSA) is 47.6 Å². The van der Waals surface area contributed by atoms with Crippen molar-refractivity contribution in [2.45, 2.75) is 13.5 Å². The number of benzene rings is 2. The van der Waals surface area contributed by atoms with E-state index in [4.69, 9.17) is 9.47 Å². The molecule has 0 bridgehead atoms. The van der Waals surface area contributed by atoms with E-state index in [2.05, 4.69) is 5.32 Å². The number of amides is 1. The number of para-hydroxylation sites is 1. The fourth-order valence-electron chi connectivity index (χ4n) is 1.93. The predicted octanol–water partition coefficient (Wildman–Crippen LogP) is 2.84. The smallest absolute Gasteiger partial charge is 0.258 e. The first kappa shape index (κ1) is 15.8. The Hall–Kier alpha value is -2.56. The van der Waals surface area contributed by atoms with E-state index in [1.807, 2.05) is 31.2 Å². The summed E-state index contributed by atoms with van der Waals surface area (Å²) in [5.41, 5.74) is 1.62. The Balaban J connectivity index is 1.83. The third-order valence-electron chi connectivity index (χ3n) is 3.16. The lowest BCUT2D eigenvalue weighted by molar-refractivity contribution is -0.123. The number of ether oxygens (including phenoxy) is 2. The highest BCUT2D eigenvalue weighted by molar-refractivity contribution is 5.77. The van der Waals surface area contributed by atoms with Gasteiger partial charge in [0, 0.05) is 6.54 Å². The summed E-state index contributed by atoms with van der Waals surface area (Å²) in [5, 5.41) is 2.68. The van der Waals surface area contributed by atoms with E-state index < -0.39 is 5.82 Å². The van der Waals surface area contributed by atoms with Gasteiger partial charge in [0.25, 0.3) is 5.91 Å². The maximum Gasteiger partial charge on any atom is 0.258 e. The molecule has 1 N–H and O–H groups in total. The zero-order chi connectivity index (χ0) is 15.9. The quantitative estimate of drug-likeness (QED) is 0.892. The first-order valence-electron chi connectivity index (χ1n) is 6.87. The maximum atomic E-state index is 13.5. The van der Waals surface area contributed by atoms with Gasteiger partial charge in [0.1, 0.15) is 5.75 Å². The zero-order valence-electron chi connectivity index (χ0n) is 12.6. The second kappa shape index (κ2) is 7.45. The highest BCUT2D eigenvalue weighted by Gasteiger charge is 2.07. The van der Waals surface area contributed by atoms with Crippen LogP contribution in [-0.2, 0) is 11.3 Å². The fourth-order valence-corrected chi connectivity index (χ4v) is 1.93. The van der Waals surface area contributed by atoms with Gasteiger partial charge >= 0.3 is 0 Å². The standard InChI is InChI=1S/C17H18FNO3/c1-12-5-3-4-6-15(12)22-11-17(20)19-10-13-7-8-16(21-2)14(18)9-13/h3-9H,10-11H2,1-2H3,(H,19,20). The Morgan fingerprint density at radius 1 is 1.18 bits per heavy atom. The average Bonchev–Trinajstić information content (AvgIpc) is 2.52. The molecule has 2 aromatic carbocycles. The Morgan fingerprint density at radius 2 is 1.95 bits per heavy atom. The molecule has 0 saturated carbocycles. The van der Waals surface area contributed by atoms with Crippen molar-refractivity contribution in [1.29, 1.82) is 0 Å². The Bertz CT molecular complexity index is 658. The Kier molecular flexibility index (Phi) is 5.36. The van der Waals surface area contributed by atoms with Gasteiger partial charge in [-0.05, 0) is 36.2 Å². The summed E-state index contributed by atoms with van der Waals surface area (Å²) in [6, 6.07) is 12.0. The summed E-state index contributed by atoms with van der Waals surface area (Å²) in [4.78, 5) is 11.8. The van der Waals surface area contributed by atoms with Gasteiger partial charge in [-0.3, -0.25) is 4.79 Å². The molecule has 4 nitrogen and oxygen atoms in total. The highest BCUT2D eigenvalue weighted by atomic mass is 19.1. The monoisotopic (exact) mass is 303 g/mol. The van der Waals surface area contributed by atoms with E-state index in [9.17, 15) is 9.18 Å². The molecule has 1 amide bonds. The van der Waals surface area contributed by atoms with Crippen molar-refractivity contribution in [3.05, 3.63) is 59.4 Å². The lowest BCUT2D eigenvalue weighted by atomic mass is 10.2. The van der Waals surface area contributed by atoms with Gasteiger partial charge in [0.15, 0.2) is 18.2 Å². The number of hydrogen-bond acceptors (Lipinski definition) is 3. The molecule has 0 fully saturated rings. The molecule has 0 spiro atoms. The van der Waals surface area contributed by atoms with Crippen molar-refractivity contribution in [3.8, 4) is 11.5 Å². The van der Waals surface area contributed by atoms with E-state index in [1.54, 1.807) is 6.07 Å². The second-order valence-electron chi connectivity index (χ2n) is 4.80. The van der Waals surface area contributed by atoms with Crippen LogP contribution in [0.4, 0.5) is 4.39 Å². The van der Waals surface area contributed by atoms with Crippen LogP contribution < -0.4 is 14.8 Å². The van der Waals surface area contributed by atoms with Gasteiger partial charge in [-0.25, -0.2) is 4.39 Å². The molecular formula is C17H18FNO3. The first-order valence-corrected chi connectivity index (χ1v) is 6.87. The van der Waals surface area contributed by atoms with Crippen molar-refractivity contribution in [3.63, 3.8) is 0 Å². The minimum atomic E-state index is -0.453. The van der Waals surface area contributed by atoms with Gasteiger partial charge in [0.2, 0.25) is 0 Å². The fraction of sp³-hybridized carbons (Fsp3) is 0.235. The average molecular weight is 303 g/mol. The number of methoxy groups -OCH3 is 1. The molecule has 116 valence electrons. The molecule has 0 aromatic heterocycles. The molecule has 0 aliphatic rings. The lowest BCUT2D eigenvalue weighted by Gasteiger charge is -2.10. The molecule has 5 heteroatoms. The number of halogens is 1. The van der Waals surface area contributed by atoms with Crippen LogP contribution in [0.5, 0.6) is 11.5 Å². The maximum absolute atomic E-state index is 13.5. The summed E-state index contributed by atoms with van der Waals surface area (Å²) < 4.78 is 23.8. The molecular weight excluding hydrogens is 285 g/mol. The van der Waals surface area contributed by atoms with E-state index in [0.29, 0.717) is 11.3 Å². The predicted molar refractivity (Wildman–Crippen MR) is 81.5 cm³/mol. The van der Waals surface area contributed by atoms with E-state index >= 15 is 0 Å². The van der Waals surface area contributed by atoms with Gasteiger partial charge in [0.05, 0.1) is 7.11 Å². The van der Waals surface area contributed by atoms with Gasteiger partial charge in [-0.2, -0.15) is 0 Å². The molecule has 2 aromatic rings. The summed E-state index contributed by atoms with van der Waals surface area (Å²) in [7, 11) is 1.41. The number of carbonyl (C=O) groups excluding carboxylic acids is 1. The van der Waals surface area contributed by atoms with E-state index in [1.165, 1.54) is 19.2 Å². The molecule has 0 aliphatic carbocycles. The summed E-state index contributed by atoms with van der Waals surface area (Å²) in [6.45, 7) is 2.06. The summed E-state index contributed by atoms with van der Waals surface area (Å²) >= 11 is 0. The van der Waals surface area contributed by atoms with Crippen molar-refractivity contribution in [1.82, 2.24) is 5.32 Å². The lowest BCUT2D eigenvalue weighted by Crippen LogP contribution is -2.28. The molecule has 0 saturated heterocycles. The second-order valence-corrected chi connectivity index (χ2v) is 4.80. The molecule has 0 atom stereocenters. The molecule has 0 radical (unpaired) electrons. The van der Waals surface area contributed by atoms with E-state index in [-0.39, 0.29) is 24.8 Å². The van der Waals surface area contributed by atoms with Crippen LogP contribution in [0.2, 0.25) is 0 Å². The van der Waals surface area contributed by atoms with Crippen molar-refractivity contribution in [2.75, 3.05) is 13.7 Å². The van der Waals surface area contributed by atoms with Crippen molar-refractivity contribution < 1.29 is 18.7 Å². The summed E-state index contributed by atoms with van der Waals surface area (Å²) in [5.74, 6) is 0.135. The van der Waals surface area contributed by atoms with Crippen molar-refractivity contribution in [2.24, 2.45) is 0 Å². The van der Waals surface area contributed by atoms with E-state index in [0.717, 1.165) is 5.56 Å². The van der Waals surface area contributed by atoms with Crippen LogP contribution in [-0.4, -0.2) is 19.6 Å². The summed E-state index contributed by atoms with van der Waals surface area (Å²) in [6.07, 6.45) is 0. The Labute approximate surface area is 128 Å². The normalized spacial score (nSPS) is 10.1. The zero-order valence-corrected chi connectivity index (χ0v) is 12.6. The van der Waals surface area contributed by atoms with Gasteiger partial charge in [-0.15, -0.1) is 0 Å². The van der Waals surface area contributed by atoms with Crippen LogP contribution in [0.1, 0.15) is 11.1 Å². The minimum absolute atomic E-state index is 0.0799. The molecule has 0 aliphatic heterocycles. The number of hydrogen-bond donors (Lipinski definition) is 1. The first-order chi connectivity index (χ1) is 10.6. The van der Waals surface area contributed by atoms with Crippen LogP contribution in [0.15, 0.2) is 42.5 Å². The van der Waals surface area contributed by atoms with Crippen LogP contribution in [0.25, 0.3) is 0 Å². The molecule has 0 unspecified atom stereocenters. The van der Waals surface area contributed by atoms with Gasteiger partial charge < -0.3 is 14.8 Å².